The Labute approximate surface area is 164 Å². The molecular formula is C23H24O5. The van der Waals surface area contributed by atoms with Gasteiger partial charge in [-0.15, -0.1) is 0 Å². The topological polar surface area (TPSA) is 57.9 Å². The lowest BCUT2D eigenvalue weighted by Crippen LogP contribution is -2.09. The molecule has 0 fully saturated rings. The molecule has 2 aromatic carbocycles. The van der Waals surface area contributed by atoms with Crippen LogP contribution in [-0.2, 0) is 6.42 Å². The van der Waals surface area contributed by atoms with E-state index in [1.165, 1.54) is 11.8 Å². The van der Waals surface area contributed by atoms with Crippen LogP contribution in [0.4, 0.5) is 0 Å². The van der Waals surface area contributed by atoms with E-state index in [2.05, 4.69) is 6.08 Å². The molecule has 0 radical (unpaired) electrons. The maximum absolute atomic E-state index is 13.3. The van der Waals surface area contributed by atoms with Gasteiger partial charge in [0.1, 0.15) is 34.5 Å². The number of ether oxygens (including phenoxy) is 3. The van der Waals surface area contributed by atoms with Crippen molar-refractivity contribution in [2.75, 3.05) is 21.3 Å². The van der Waals surface area contributed by atoms with Crippen LogP contribution in [0.5, 0.6) is 17.2 Å². The molecule has 28 heavy (non-hydrogen) atoms. The molecule has 0 unspecified atom stereocenters. The van der Waals surface area contributed by atoms with Gasteiger partial charge in [0.2, 0.25) is 5.43 Å². The van der Waals surface area contributed by atoms with Crippen LogP contribution in [0.15, 0.2) is 57.5 Å². The van der Waals surface area contributed by atoms with Crippen molar-refractivity contribution in [3.05, 3.63) is 64.0 Å². The van der Waals surface area contributed by atoms with Gasteiger partial charge in [-0.25, -0.2) is 0 Å². The maximum atomic E-state index is 13.3. The Morgan fingerprint density at radius 3 is 2.32 bits per heavy atom. The molecule has 0 N–H and O–H groups in total. The summed E-state index contributed by atoms with van der Waals surface area (Å²) in [5.41, 5.74) is 3.48. The molecule has 5 heteroatoms. The van der Waals surface area contributed by atoms with Gasteiger partial charge < -0.3 is 18.6 Å². The molecule has 0 aliphatic rings. The zero-order valence-corrected chi connectivity index (χ0v) is 16.8. The Balaban J connectivity index is 2.27. The van der Waals surface area contributed by atoms with Crippen LogP contribution in [0.3, 0.4) is 0 Å². The number of hydrogen-bond donors (Lipinski definition) is 0. The third-order valence-corrected chi connectivity index (χ3v) is 4.62. The Bertz CT molecular complexity index is 1070. The average molecular weight is 380 g/mol. The molecule has 3 aromatic rings. The summed E-state index contributed by atoms with van der Waals surface area (Å²) in [5, 5.41) is 0.411. The van der Waals surface area contributed by atoms with E-state index in [9.17, 15) is 4.79 Å². The SMILES string of the molecule is COc1ccc(-c2coc3cc(OC)c(CC=C(C)C)c(OC)c3c2=O)cc1. The Morgan fingerprint density at radius 2 is 1.75 bits per heavy atom. The van der Waals surface area contributed by atoms with E-state index >= 15 is 0 Å². The summed E-state index contributed by atoms with van der Waals surface area (Å²) in [4.78, 5) is 13.3. The van der Waals surface area contributed by atoms with E-state index in [1.807, 2.05) is 38.1 Å². The van der Waals surface area contributed by atoms with Crippen LogP contribution in [0.1, 0.15) is 19.4 Å². The molecule has 0 amide bonds. The molecule has 146 valence electrons. The van der Waals surface area contributed by atoms with Crippen molar-refractivity contribution in [2.45, 2.75) is 20.3 Å². The van der Waals surface area contributed by atoms with E-state index in [0.29, 0.717) is 34.5 Å². The number of benzene rings is 2. The van der Waals surface area contributed by atoms with Gasteiger partial charge in [0.15, 0.2) is 0 Å². The zero-order valence-electron chi connectivity index (χ0n) is 16.8. The highest BCUT2D eigenvalue weighted by molar-refractivity contribution is 5.90. The maximum Gasteiger partial charge on any atom is 0.204 e. The summed E-state index contributed by atoms with van der Waals surface area (Å²) in [6, 6.07) is 9.02. The second-order valence-corrected chi connectivity index (χ2v) is 6.66. The third-order valence-electron chi connectivity index (χ3n) is 4.62. The third kappa shape index (κ3) is 3.60. The molecule has 1 heterocycles. The van der Waals surface area contributed by atoms with Gasteiger partial charge in [-0.05, 0) is 38.0 Å². The van der Waals surface area contributed by atoms with Crippen molar-refractivity contribution in [1.29, 1.82) is 0 Å². The van der Waals surface area contributed by atoms with E-state index < -0.39 is 0 Å². The molecule has 3 rings (SSSR count). The van der Waals surface area contributed by atoms with Crippen molar-refractivity contribution >= 4 is 11.0 Å². The van der Waals surface area contributed by atoms with Crippen LogP contribution in [-0.4, -0.2) is 21.3 Å². The molecule has 0 saturated heterocycles. The number of fused-ring (bicyclic) bond motifs is 1. The molecule has 0 bridgehead atoms. The first-order chi connectivity index (χ1) is 13.5. The molecule has 5 nitrogen and oxygen atoms in total. The first-order valence-electron chi connectivity index (χ1n) is 8.97. The monoisotopic (exact) mass is 380 g/mol. The molecule has 0 aliphatic carbocycles. The Hall–Kier alpha value is -3.21. The number of methoxy groups -OCH3 is 3. The zero-order chi connectivity index (χ0) is 20.3. The second-order valence-electron chi connectivity index (χ2n) is 6.66. The standard InChI is InChI=1S/C23H24O5/c1-14(2)6-11-17-19(26-4)12-20-21(23(17)27-5)22(24)18(13-28-20)15-7-9-16(25-3)10-8-15/h6-10,12-13H,11H2,1-5H3. The minimum Gasteiger partial charge on any atom is -0.497 e. The number of allylic oxidation sites excluding steroid dienone is 2. The first-order valence-corrected chi connectivity index (χ1v) is 8.97. The number of hydrogen-bond acceptors (Lipinski definition) is 5. The van der Waals surface area contributed by atoms with Gasteiger partial charge in [0, 0.05) is 11.6 Å². The summed E-state index contributed by atoms with van der Waals surface area (Å²) in [6.45, 7) is 4.05. The van der Waals surface area contributed by atoms with Gasteiger partial charge in [0.05, 0.1) is 26.9 Å². The minimum atomic E-state index is -0.149. The van der Waals surface area contributed by atoms with Gasteiger partial charge in [-0.1, -0.05) is 23.8 Å². The molecule has 0 spiro atoms. The predicted molar refractivity (Wildman–Crippen MR) is 111 cm³/mol. The van der Waals surface area contributed by atoms with Crippen LogP contribution >= 0.6 is 0 Å². The highest BCUT2D eigenvalue weighted by Crippen LogP contribution is 2.37. The van der Waals surface area contributed by atoms with E-state index in [1.54, 1.807) is 27.4 Å². The highest BCUT2D eigenvalue weighted by atomic mass is 16.5. The van der Waals surface area contributed by atoms with Crippen molar-refractivity contribution in [3.63, 3.8) is 0 Å². The lowest BCUT2D eigenvalue weighted by Gasteiger charge is -2.15. The van der Waals surface area contributed by atoms with Crippen molar-refractivity contribution < 1.29 is 18.6 Å². The molecule has 0 atom stereocenters. The Morgan fingerprint density at radius 1 is 1.04 bits per heavy atom. The molecule has 1 aromatic heterocycles. The molecule has 0 saturated carbocycles. The predicted octanol–water partition coefficient (Wildman–Crippen LogP) is 4.99. The fourth-order valence-electron chi connectivity index (χ4n) is 3.15. The summed E-state index contributed by atoms with van der Waals surface area (Å²) >= 11 is 0. The van der Waals surface area contributed by atoms with Crippen LogP contribution in [0.25, 0.3) is 22.1 Å². The van der Waals surface area contributed by atoms with Crippen LogP contribution in [0.2, 0.25) is 0 Å². The Kier molecular flexibility index (Phi) is 5.73. The van der Waals surface area contributed by atoms with E-state index in [4.69, 9.17) is 18.6 Å². The summed E-state index contributed by atoms with van der Waals surface area (Å²) in [6.07, 6.45) is 4.14. The second kappa shape index (κ2) is 8.21. The molecule has 0 aliphatic heterocycles. The number of rotatable bonds is 6. The van der Waals surface area contributed by atoms with E-state index in [0.717, 1.165) is 16.9 Å². The first kappa shape index (κ1) is 19.5. The summed E-state index contributed by atoms with van der Waals surface area (Å²) in [5.74, 6) is 1.83. The van der Waals surface area contributed by atoms with Gasteiger partial charge >= 0.3 is 0 Å². The highest BCUT2D eigenvalue weighted by Gasteiger charge is 2.20. The largest absolute Gasteiger partial charge is 0.497 e. The van der Waals surface area contributed by atoms with Gasteiger partial charge in [-0.2, -0.15) is 0 Å². The van der Waals surface area contributed by atoms with Crippen molar-refractivity contribution in [2.24, 2.45) is 0 Å². The quantitative estimate of drug-likeness (QED) is 0.564. The minimum absolute atomic E-state index is 0.149. The van der Waals surface area contributed by atoms with Crippen molar-refractivity contribution in [3.8, 4) is 28.4 Å². The van der Waals surface area contributed by atoms with Gasteiger partial charge in [-0.3, -0.25) is 4.79 Å². The smallest absolute Gasteiger partial charge is 0.204 e. The fraction of sp³-hybridized carbons (Fsp3) is 0.261. The normalized spacial score (nSPS) is 10.6. The van der Waals surface area contributed by atoms with Crippen molar-refractivity contribution in [1.82, 2.24) is 0 Å². The summed E-state index contributed by atoms with van der Waals surface area (Å²) in [7, 11) is 4.75. The molecular weight excluding hydrogens is 356 g/mol. The average Bonchev–Trinajstić information content (AvgIpc) is 2.71. The van der Waals surface area contributed by atoms with Gasteiger partial charge in [0.25, 0.3) is 0 Å². The van der Waals surface area contributed by atoms with E-state index in [-0.39, 0.29) is 5.43 Å². The summed E-state index contributed by atoms with van der Waals surface area (Å²) < 4.78 is 22.2. The van der Waals surface area contributed by atoms with Crippen LogP contribution in [0, 0.1) is 0 Å². The lowest BCUT2D eigenvalue weighted by atomic mass is 10.0. The lowest BCUT2D eigenvalue weighted by molar-refractivity contribution is 0.389. The van der Waals surface area contributed by atoms with Crippen LogP contribution < -0.4 is 19.6 Å². The fourth-order valence-corrected chi connectivity index (χ4v) is 3.15.